The van der Waals surface area contributed by atoms with Crippen LogP contribution >= 0.6 is 0 Å². The van der Waals surface area contributed by atoms with Crippen molar-refractivity contribution in [2.75, 3.05) is 20.7 Å². The van der Waals surface area contributed by atoms with Crippen LogP contribution in [0.5, 0.6) is 0 Å². The number of benzene rings is 3. The summed E-state index contributed by atoms with van der Waals surface area (Å²) in [5.74, 6) is -1.04. The molecule has 3 aromatic carbocycles. The number of carbonyl (C=O) groups is 2. The second-order valence-corrected chi connectivity index (χ2v) is 7.22. The molecule has 0 unspecified atom stereocenters. The van der Waals surface area contributed by atoms with Crippen molar-refractivity contribution in [1.82, 2.24) is 15.9 Å². The van der Waals surface area contributed by atoms with E-state index < -0.39 is 11.8 Å². The first-order chi connectivity index (χ1) is 14.5. The van der Waals surface area contributed by atoms with E-state index in [0.717, 1.165) is 12.1 Å². The molecule has 2 amide bonds. The van der Waals surface area contributed by atoms with Crippen molar-refractivity contribution in [2.24, 2.45) is 0 Å². The predicted octanol–water partition coefficient (Wildman–Crippen LogP) is 2.92. The molecular formula is C23H25N3O4. The van der Waals surface area contributed by atoms with Gasteiger partial charge < -0.3 is 4.90 Å². The monoisotopic (exact) mass is 407 g/mol. The Bertz CT molecular complexity index is 1030. The van der Waals surface area contributed by atoms with Gasteiger partial charge in [0.1, 0.15) is 0 Å². The molecule has 156 valence electrons. The van der Waals surface area contributed by atoms with Crippen LogP contribution in [0.25, 0.3) is 10.8 Å². The van der Waals surface area contributed by atoms with Crippen LogP contribution in [0.2, 0.25) is 0 Å². The molecule has 3 N–H and O–H groups in total. The average Bonchev–Trinajstić information content (AvgIpc) is 2.76. The first kappa shape index (κ1) is 21.4. The third kappa shape index (κ3) is 5.21. The van der Waals surface area contributed by atoms with E-state index in [1.54, 1.807) is 5.48 Å². The van der Waals surface area contributed by atoms with Gasteiger partial charge in [-0.15, -0.1) is 0 Å². The van der Waals surface area contributed by atoms with Gasteiger partial charge >= 0.3 is 0 Å². The summed E-state index contributed by atoms with van der Waals surface area (Å²) in [6.45, 7) is 1.19. The van der Waals surface area contributed by atoms with Crippen LogP contribution < -0.4 is 11.0 Å². The molecule has 30 heavy (non-hydrogen) atoms. The Morgan fingerprint density at radius 3 is 2.03 bits per heavy atom. The minimum Gasteiger partial charge on any atom is -0.305 e. The first-order valence-electron chi connectivity index (χ1n) is 9.60. The standard InChI is InChI=1S/C23H25N3O4/c1-26(2)15-19-6-4-7-20-16(5-3-8-21(19)20)13-14-30-25-23(28)18-11-9-17(10-12-18)22(27)24-29/h3-12,29H,13-15H2,1-2H3,(H,24,27)(H,25,28). The lowest BCUT2D eigenvalue weighted by Crippen LogP contribution is -2.25. The van der Waals surface area contributed by atoms with E-state index in [4.69, 9.17) is 10.0 Å². The highest BCUT2D eigenvalue weighted by Gasteiger charge is 2.09. The number of nitrogens with zero attached hydrogens (tertiary/aromatic N) is 1. The molecule has 0 aliphatic carbocycles. The van der Waals surface area contributed by atoms with Gasteiger partial charge in [-0.25, -0.2) is 11.0 Å². The van der Waals surface area contributed by atoms with Gasteiger partial charge in [0.05, 0.1) is 6.61 Å². The summed E-state index contributed by atoms with van der Waals surface area (Å²) in [6, 6.07) is 18.4. The molecule has 0 aromatic heterocycles. The van der Waals surface area contributed by atoms with Crippen molar-refractivity contribution in [2.45, 2.75) is 13.0 Å². The minimum atomic E-state index is -0.637. The highest BCUT2D eigenvalue weighted by Crippen LogP contribution is 2.23. The molecule has 0 fully saturated rings. The Morgan fingerprint density at radius 1 is 0.867 bits per heavy atom. The Kier molecular flexibility index (Phi) is 7.13. The molecule has 3 aromatic rings. The summed E-state index contributed by atoms with van der Waals surface area (Å²) in [5.41, 5.74) is 6.99. The zero-order valence-corrected chi connectivity index (χ0v) is 17.0. The molecule has 0 spiro atoms. The second kappa shape index (κ2) is 9.98. The fourth-order valence-electron chi connectivity index (χ4n) is 3.31. The summed E-state index contributed by atoms with van der Waals surface area (Å²) in [5, 5.41) is 11.0. The van der Waals surface area contributed by atoms with Gasteiger partial charge in [0.2, 0.25) is 0 Å². The number of nitrogens with one attached hydrogen (secondary N) is 2. The summed E-state index contributed by atoms with van der Waals surface area (Å²) in [4.78, 5) is 31.0. The highest BCUT2D eigenvalue weighted by molar-refractivity contribution is 5.97. The summed E-state index contributed by atoms with van der Waals surface area (Å²) in [6.07, 6.45) is 0.651. The van der Waals surface area contributed by atoms with E-state index in [2.05, 4.69) is 40.7 Å². The molecule has 0 saturated carbocycles. The molecule has 0 saturated heterocycles. The summed E-state index contributed by atoms with van der Waals surface area (Å²) in [7, 11) is 4.10. The fourth-order valence-corrected chi connectivity index (χ4v) is 3.31. The summed E-state index contributed by atoms with van der Waals surface area (Å²) < 4.78 is 0. The third-order valence-electron chi connectivity index (χ3n) is 4.74. The second-order valence-electron chi connectivity index (χ2n) is 7.22. The molecule has 0 heterocycles. The van der Waals surface area contributed by atoms with Crippen LogP contribution in [0.1, 0.15) is 31.8 Å². The van der Waals surface area contributed by atoms with Crippen molar-refractivity contribution in [3.8, 4) is 0 Å². The van der Waals surface area contributed by atoms with E-state index in [1.165, 1.54) is 40.6 Å². The van der Waals surface area contributed by atoms with Gasteiger partial charge in [0, 0.05) is 17.7 Å². The lowest BCUT2D eigenvalue weighted by atomic mass is 9.98. The average molecular weight is 407 g/mol. The summed E-state index contributed by atoms with van der Waals surface area (Å²) >= 11 is 0. The van der Waals surface area contributed by atoms with Gasteiger partial charge in [-0.1, -0.05) is 36.4 Å². The van der Waals surface area contributed by atoms with Crippen LogP contribution in [0.15, 0.2) is 60.7 Å². The van der Waals surface area contributed by atoms with Crippen LogP contribution in [-0.2, 0) is 17.8 Å². The predicted molar refractivity (Wildman–Crippen MR) is 114 cm³/mol. The topological polar surface area (TPSA) is 90.9 Å². The molecule has 0 aliphatic heterocycles. The molecule has 0 aliphatic rings. The molecule has 7 heteroatoms. The maximum Gasteiger partial charge on any atom is 0.274 e. The molecule has 7 nitrogen and oxygen atoms in total. The fraction of sp³-hybridized carbons (Fsp3) is 0.217. The number of amides is 2. The number of fused-ring (bicyclic) bond motifs is 1. The van der Waals surface area contributed by atoms with Crippen molar-refractivity contribution in [3.63, 3.8) is 0 Å². The number of carbonyl (C=O) groups excluding carboxylic acids is 2. The van der Waals surface area contributed by atoms with Crippen molar-refractivity contribution < 1.29 is 19.6 Å². The Morgan fingerprint density at radius 2 is 1.43 bits per heavy atom. The van der Waals surface area contributed by atoms with Crippen LogP contribution in [0.3, 0.4) is 0 Å². The molecule has 0 radical (unpaired) electrons. The lowest BCUT2D eigenvalue weighted by molar-refractivity contribution is 0.0324. The Labute approximate surface area is 175 Å². The van der Waals surface area contributed by atoms with E-state index in [0.29, 0.717) is 18.6 Å². The van der Waals surface area contributed by atoms with E-state index in [9.17, 15) is 9.59 Å². The highest BCUT2D eigenvalue weighted by atomic mass is 16.6. The number of hydroxylamine groups is 2. The zero-order chi connectivity index (χ0) is 21.5. The molecule has 3 rings (SSSR count). The Hall–Kier alpha value is -3.26. The van der Waals surface area contributed by atoms with Crippen LogP contribution in [0.4, 0.5) is 0 Å². The van der Waals surface area contributed by atoms with Crippen LogP contribution in [-0.4, -0.2) is 42.6 Å². The molecule has 0 bridgehead atoms. The quantitative estimate of drug-likeness (QED) is 0.303. The largest absolute Gasteiger partial charge is 0.305 e. The Balaban J connectivity index is 1.58. The molecule has 0 atom stereocenters. The van der Waals surface area contributed by atoms with Gasteiger partial charge in [-0.2, -0.15) is 0 Å². The van der Waals surface area contributed by atoms with Crippen molar-refractivity contribution >= 4 is 22.6 Å². The first-order valence-corrected chi connectivity index (χ1v) is 9.60. The van der Waals surface area contributed by atoms with Gasteiger partial charge in [0.25, 0.3) is 11.8 Å². The normalized spacial score (nSPS) is 10.9. The number of hydrogen-bond acceptors (Lipinski definition) is 5. The van der Waals surface area contributed by atoms with Crippen molar-refractivity contribution in [1.29, 1.82) is 0 Å². The number of rotatable bonds is 8. The zero-order valence-electron chi connectivity index (χ0n) is 17.0. The maximum atomic E-state index is 12.2. The maximum absolute atomic E-state index is 12.2. The third-order valence-corrected chi connectivity index (χ3v) is 4.74. The van der Waals surface area contributed by atoms with Gasteiger partial charge in [0.15, 0.2) is 0 Å². The lowest BCUT2D eigenvalue weighted by Gasteiger charge is -2.14. The minimum absolute atomic E-state index is 0.250. The van der Waals surface area contributed by atoms with E-state index >= 15 is 0 Å². The van der Waals surface area contributed by atoms with E-state index in [-0.39, 0.29) is 5.56 Å². The SMILES string of the molecule is CN(C)Cc1cccc2c(CCONC(=O)c3ccc(C(=O)NO)cc3)cccc12. The van der Waals surface area contributed by atoms with Gasteiger partial charge in [-0.05, 0) is 66.7 Å². The van der Waals surface area contributed by atoms with E-state index in [1.807, 2.05) is 20.2 Å². The molecular weight excluding hydrogens is 382 g/mol. The van der Waals surface area contributed by atoms with Crippen molar-refractivity contribution in [3.05, 3.63) is 82.9 Å². The number of hydrogen-bond donors (Lipinski definition) is 3. The van der Waals surface area contributed by atoms with Gasteiger partial charge in [-0.3, -0.25) is 19.6 Å². The smallest absolute Gasteiger partial charge is 0.274 e. The van der Waals surface area contributed by atoms with Crippen LogP contribution in [0, 0.1) is 0 Å².